The van der Waals surface area contributed by atoms with Gasteiger partial charge in [0.2, 0.25) is 5.91 Å². The molecule has 2 atom stereocenters. The van der Waals surface area contributed by atoms with Gasteiger partial charge in [0, 0.05) is 13.7 Å². The van der Waals surface area contributed by atoms with Crippen molar-refractivity contribution in [2.24, 2.45) is 0 Å². The van der Waals surface area contributed by atoms with E-state index in [1.165, 1.54) is 6.33 Å². The predicted octanol–water partition coefficient (Wildman–Crippen LogP) is 0.134. The van der Waals surface area contributed by atoms with Gasteiger partial charge in [-0.1, -0.05) is 0 Å². The minimum atomic E-state index is -0.153. The maximum atomic E-state index is 12.0. The number of likely N-dealkylation sites (N-methyl/N-ethyl adjacent to an activating group) is 1. The molecule has 2 rings (SSSR count). The van der Waals surface area contributed by atoms with E-state index in [1.807, 2.05) is 11.9 Å². The Hall–Kier alpha value is -1.53. The van der Waals surface area contributed by atoms with Crippen molar-refractivity contribution in [3.05, 3.63) is 18.7 Å². The van der Waals surface area contributed by atoms with Crippen LogP contribution in [0, 0.1) is 0 Å². The van der Waals surface area contributed by atoms with Crippen molar-refractivity contribution in [2.45, 2.75) is 18.6 Å². The van der Waals surface area contributed by atoms with Gasteiger partial charge < -0.3 is 10.1 Å². The number of aromatic nitrogens is 2. The molecule has 0 saturated carbocycles. The summed E-state index contributed by atoms with van der Waals surface area (Å²) in [6.07, 6.45) is 5.43. The van der Waals surface area contributed by atoms with E-state index in [0.717, 1.165) is 6.54 Å². The van der Waals surface area contributed by atoms with Gasteiger partial charge in [0.1, 0.15) is 6.33 Å². The summed E-state index contributed by atoms with van der Waals surface area (Å²) in [5.74, 6) is -0.0400. The first-order chi connectivity index (χ1) is 8.20. The van der Waals surface area contributed by atoms with Gasteiger partial charge in [0.05, 0.1) is 30.2 Å². The first-order valence-electron chi connectivity index (χ1n) is 5.49. The van der Waals surface area contributed by atoms with Crippen LogP contribution in [0.2, 0.25) is 0 Å². The van der Waals surface area contributed by atoms with E-state index in [2.05, 4.69) is 15.3 Å². The molecule has 1 saturated heterocycles. The van der Waals surface area contributed by atoms with E-state index >= 15 is 0 Å². The highest BCUT2D eigenvalue weighted by Crippen LogP contribution is 2.19. The molecule has 17 heavy (non-hydrogen) atoms. The van der Waals surface area contributed by atoms with Gasteiger partial charge >= 0.3 is 0 Å². The van der Waals surface area contributed by atoms with E-state index in [1.54, 1.807) is 19.5 Å². The Bertz CT molecular complexity index is 384. The first kappa shape index (κ1) is 11.9. The number of hydrogen-bond acceptors (Lipinski definition) is 5. The van der Waals surface area contributed by atoms with Crippen LogP contribution in [-0.4, -0.2) is 53.6 Å². The van der Waals surface area contributed by atoms with Crippen molar-refractivity contribution >= 4 is 11.6 Å². The summed E-state index contributed by atoms with van der Waals surface area (Å²) in [4.78, 5) is 21.7. The third kappa shape index (κ3) is 2.78. The standard InChI is InChI=1S/C11H16N4O2/c1-15-6-9(17-2)3-10(15)11(16)14-8-4-12-7-13-5-8/h4-5,7,9-10H,3,6H2,1-2H3,(H,14,16)/t9-,10-/m0/s1. The van der Waals surface area contributed by atoms with E-state index in [9.17, 15) is 4.79 Å². The summed E-state index contributed by atoms with van der Waals surface area (Å²) >= 11 is 0. The summed E-state index contributed by atoms with van der Waals surface area (Å²) in [5.41, 5.74) is 0.617. The monoisotopic (exact) mass is 236 g/mol. The zero-order valence-electron chi connectivity index (χ0n) is 9.96. The van der Waals surface area contributed by atoms with E-state index in [4.69, 9.17) is 4.74 Å². The van der Waals surface area contributed by atoms with Crippen LogP contribution in [0.1, 0.15) is 6.42 Å². The molecule has 0 aliphatic carbocycles. The van der Waals surface area contributed by atoms with Gasteiger partial charge in [-0.15, -0.1) is 0 Å². The topological polar surface area (TPSA) is 67.3 Å². The molecular weight excluding hydrogens is 220 g/mol. The highest BCUT2D eigenvalue weighted by Gasteiger charge is 2.34. The number of anilines is 1. The minimum Gasteiger partial charge on any atom is -0.380 e. The number of methoxy groups -OCH3 is 1. The molecule has 92 valence electrons. The molecule has 1 amide bonds. The Morgan fingerprint density at radius 1 is 1.53 bits per heavy atom. The molecule has 0 radical (unpaired) electrons. The summed E-state index contributed by atoms with van der Waals surface area (Å²) in [6, 6.07) is -0.153. The maximum Gasteiger partial charge on any atom is 0.241 e. The van der Waals surface area contributed by atoms with Crippen LogP contribution in [0.25, 0.3) is 0 Å². The van der Waals surface area contributed by atoms with Gasteiger partial charge in [0.25, 0.3) is 0 Å². The van der Waals surface area contributed by atoms with E-state index in [0.29, 0.717) is 12.1 Å². The number of ether oxygens (including phenoxy) is 1. The van der Waals surface area contributed by atoms with Crippen LogP contribution >= 0.6 is 0 Å². The summed E-state index contributed by atoms with van der Waals surface area (Å²) < 4.78 is 5.27. The molecule has 0 spiro atoms. The Morgan fingerprint density at radius 2 is 2.24 bits per heavy atom. The Balaban J connectivity index is 1.97. The molecule has 1 aromatic heterocycles. The summed E-state index contributed by atoms with van der Waals surface area (Å²) in [7, 11) is 3.59. The largest absolute Gasteiger partial charge is 0.380 e. The normalized spacial score (nSPS) is 24.8. The lowest BCUT2D eigenvalue weighted by molar-refractivity contribution is -0.120. The lowest BCUT2D eigenvalue weighted by Gasteiger charge is -2.17. The number of nitrogens with one attached hydrogen (secondary N) is 1. The van der Waals surface area contributed by atoms with Crippen molar-refractivity contribution in [1.29, 1.82) is 0 Å². The first-order valence-corrected chi connectivity index (χ1v) is 5.49. The fourth-order valence-corrected chi connectivity index (χ4v) is 2.02. The number of carbonyl (C=O) groups is 1. The number of amides is 1. The van der Waals surface area contributed by atoms with Gasteiger partial charge in [-0.05, 0) is 13.5 Å². The Morgan fingerprint density at radius 3 is 2.82 bits per heavy atom. The molecule has 0 bridgehead atoms. The molecule has 1 aliphatic rings. The van der Waals surface area contributed by atoms with Crippen LogP contribution in [0.5, 0.6) is 0 Å². The minimum absolute atomic E-state index is 0.0400. The molecular formula is C11H16N4O2. The Kier molecular flexibility index (Phi) is 3.65. The molecule has 1 fully saturated rings. The van der Waals surface area contributed by atoms with Gasteiger partial charge in [-0.25, -0.2) is 9.97 Å². The second-order valence-electron chi connectivity index (χ2n) is 4.17. The maximum absolute atomic E-state index is 12.0. The molecule has 6 nitrogen and oxygen atoms in total. The Labute approximate surface area is 100 Å². The van der Waals surface area contributed by atoms with Gasteiger partial charge in [0.15, 0.2) is 0 Å². The van der Waals surface area contributed by atoms with Crippen molar-refractivity contribution in [3.8, 4) is 0 Å². The number of nitrogens with zero attached hydrogens (tertiary/aromatic N) is 3. The van der Waals surface area contributed by atoms with Crippen molar-refractivity contribution in [1.82, 2.24) is 14.9 Å². The predicted molar refractivity (Wildman–Crippen MR) is 62.5 cm³/mol. The van der Waals surface area contributed by atoms with E-state index in [-0.39, 0.29) is 18.1 Å². The lowest BCUT2D eigenvalue weighted by Crippen LogP contribution is -2.37. The number of likely N-dealkylation sites (tertiary alicyclic amines) is 1. The molecule has 0 aromatic carbocycles. The average Bonchev–Trinajstić information content (AvgIpc) is 2.72. The quantitative estimate of drug-likeness (QED) is 0.808. The van der Waals surface area contributed by atoms with Crippen LogP contribution < -0.4 is 5.32 Å². The third-order valence-electron chi connectivity index (χ3n) is 2.97. The average molecular weight is 236 g/mol. The van der Waals surface area contributed by atoms with Crippen molar-refractivity contribution in [2.75, 3.05) is 26.0 Å². The fourth-order valence-electron chi connectivity index (χ4n) is 2.02. The zero-order chi connectivity index (χ0) is 12.3. The molecule has 6 heteroatoms. The highest BCUT2D eigenvalue weighted by atomic mass is 16.5. The molecule has 0 unspecified atom stereocenters. The number of hydrogen-bond donors (Lipinski definition) is 1. The fraction of sp³-hybridized carbons (Fsp3) is 0.545. The van der Waals surface area contributed by atoms with Crippen molar-refractivity contribution in [3.63, 3.8) is 0 Å². The van der Waals surface area contributed by atoms with Crippen LogP contribution in [0.15, 0.2) is 18.7 Å². The summed E-state index contributed by atoms with van der Waals surface area (Å²) in [5, 5.41) is 2.80. The van der Waals surface area contributed by atoms with Gasteiger partial charge in [-0.3, -0.25) is 9.69 Å². The van der Waals surface area contributed by atoms with Crippen LogP contribution in [0.3, 0.4) is 0 Å². The third-order valence-corrected chi connectivity index (χ3v) is 2.97. The molecule has 1 aromatic rings. The number of rotatable bonds is 3. The highest BCUT2D eigenvalue weighted by molar-refractivity contribution is 5.94. The van der Waals surface area contributed by atoms with Crippen LogP contribution in [0.4, 0.5) is 5.69 Å². The zero-order valence-corrected chi connectivity index (χ0v) is 9.96. The second-order valence-corrected chi connectivity index (χ2v) is 4.17. The van der Waals surface area contributed by atoms with Crippen LogP contribution in [-0.2, 0) is 9.53 Å². The van der Waals surface area contributed by atoms with Gasteiger partial charge in [-0.2, -0.15) is 0 Å². The number of carbonyl (C=O) groups excluding carboxylic acids is 1. The molecule has 1 N–H and O–H groups in total. The SMILES string of the molecule is CO[C@H]1C[C@@H](C(=O)Nc2cncnc2)N(C)C1. The summed E-state index contributed by atoms with van der Waals surface area (Å²) in [6.45, 7) is 0.778. The lowest BCUT2D eigenvalue weighted by atomic mass is 10.2. The smallest absolute Gasteiger partial charge is 0.241 e. The van der Waals surface area contributed by atoms with E-state index < -0.39 is 0 Å². The van der Waals surface area contributed by atoms with Crippen molar-refractivity contribution < 1.29 is 9.53 Å². The molecule has 2 heterocycles. The second kappa shape index (κ2) is 5.20. The molecule has 1 aliphatic heterocycles.